The summed E-state index contributed by atoms with van der Waals surface area (Å²) in [5, 5.41) is 3.14. The van der Waals surface area contributed by atoms with Gasteiger partial charge in [0.1, 0.15) is 12.1 Å². The average molecular weight is 449 g/mol. The van der Waals surface area contributed by atoms with E-state index in [9.17, 15) is 4.79 Å². The summed E-state index contributed by atoms with van der Waals surface area (Å²) < 4.78 is 12.6. The SMILES string of the molecule is Cc1cc(N2CCCC(CC(=O)NC(C)c3ccc4c(c3)OCO4)C2)nc(-n2ccnc2)n1. The average Bonchev–Trinajstić information content (AvgIpc) is 3.50. The highest BCUT2D eigenvalue weighted by molar-refractivity contribution is 5.76. The molecular formula is C24H28N6O3. The van der Waals surface area contributed by atoms with Crippen LogP contribution in [0.5, 0.6) is 11.5 Å². The molecule has 2 atom stereocenters. The molecular weight excluding hydrogens is 420 g/mol. The van der Waals surface area contributed by atoms with Gasteiger partial charge in [-0.2, -0.15) is 4.98 Å². The predicted octanol–water partition coefficient (Wildman–Crippen LogP) is 3.18. The molecule has 2 unspecified atom stereocenters. The summed E-state index contributed by atoms with van der Waals surface area (Å²) in [5.41, 5.74) is 1.91. The molecule has 5 rings (SSSR count). The van der Waals surface area contributed by atoms with Crippen molar-refractivity contribution in [2.24, 2.45) is 5.92 Å². The molecule has 1 saturated heterocycles. The zero-order valence-electron chi connectivity index (χ0n) is 18.9. The largest absolute Gasteiger partial charge is 0.454 e. The number of anilines is 1. The molecule has 2 aliphatic heterocycles. The third-order valence-corrected chi connectivity index (χ3v) is 6.16. The van der Waals surface area contributed by atoms with Crippen LogP contribution < -0.4 is 19.7 Å². The van der Waals surface area contributed by atoms with Crippen LogP contribution in [0.15, 0.2) is 43.0 Å². The number of carbonyl (C=O) groups excluding carboxylic acids is 1. The van der Waals surface area contributed by atoms with Gasteiger partial charge >= 0.3 is 0 Å². The van der Waals surface area contributed by atoms with Crippen molar-refractivity contribution < 1.29 is 14.3 Å². The van der Waals surface area contributed by atoms with Gasteiger partial charge < -0.3 is 19.7 Å². The van der Waals surface area contributed by atoms with E-state index in [1.54, 1.807) is 12.5 Å². The van der Waals surface area contributed by atoms with Gasteiger partial charge in [0.15, 0.2) is 11.5 Å². The Kier molecular flexibility index (Phi) is 5.85. The minimum atomic E-state index is -0.103. The van der Waals surface area contributed by atoms with Crippen LogP contribution >= 0.6 is 0 Å². The number of aromatic nitrogens is 4. The third kappa shape index (κ3) is 4.76. The lowest BCUT2D eigenvalue weighted by atomic mass is 9.94. The van der Waals surface area contributed by atoms with Crippen LogP contribution in [0.2, 0.25) is 0 Å². The van der Waals surface area contributed by atoms with Crippen LogP contribution in [0, 0.1) is 12.8 Å². The Bertz CT molecular complexity index is 1130. The molecule has 0 radical (unpaired) electrons. The topological polar surface area (TPSA) is 94.4 Å². The Morgan fingerprint density at radius 2 is 2.12 bits per heavy atom. The maximum atomic E-state index is 12.8. The first-order valence-corrected chi connectivity index (χ1v) is 11.3. The molecule has 9 heteroatoms. The number of fused-ring (bicyclic) bond motifs is 1. The van der Waals surface area contributed by atoms with Crippen LogP contribution in [-0.4, -0.2) is 45.3 Å². The number of rotatable bonds is 6. The second kappa shape index (κ2) is 9.09. The van der Waals surface area contributed by atoms with Crippen LogP contribution in [0.3, 0.4) is 0 Å². The van der Waals surface area contributed by atoms with Gasteiger partial charge in [-0.15, -0.1) is 0 Å². The number of piperidine rings is 1. The molecule has 33 heavy (non-hydrogen) atoms. The van der Waals surface area contributed by atoms with E-state index in [-0.39, 0.29) is 24.7 Å². The van der Waals surface area contributed by atoms with Crippen molar-refractivity contribution in [1.29, 1.82) is 0 Å². The standard InChI is InChI=1S/C24H28N6O3/c1-16-10-22(28-24(26-16)30-9-7-25-14-30)29-8-3-4-18(13-29)11-23(31)27-17(2)19-5-6-20-21(12-19)33-15-32-20/h5-7,9-10,12,14,17-18H,3-4,8,11,13,15H2,1-2H3,(H,27,31). The van der Waals surface area contributed by atoms with Gasteiger partial charge in [-0.25, -0.2) is 9.97 Å². The first kappa shape index (κ1) is 21.2. The van der Waals surface area contributed by atoms with E-state index < -0.39 is 0 Å². The minimum absolute atomic E-state index is 0.0602. The predicted molar refractivity (Wildman–Crippen MR) is 123 cm³/mol. The summed E-state index contributed by atoms with van der Waals surface area (Å²) >= 11 is 0. The quantitative estimate of drug-likeness (QED) is 0.619. The number of nitrogens with zero attached hydrogens (tertiary/aromatic N) is 5. The second-order valence-electron chi connectivity index (χ2n) is 8.70. The van der Waals surface area contributed by atoms with Crippen molar-refractivity contribution in [2.75, 3.05) is 24.8 Å². The molecule has 2 aliphatic rings. The minimum Gasteiger partial charge on any atom is -0.454 e. The van der Waals surface area contributed by atoms with Crippen LogP contribution in [0.25, 0.3) is 5.95 Å². The van der Waals surface area contributed by atoms with Crippen molar-refractivity contribution in [2.45, 2.75) is 39.2 Å². The van der Waals surface area contributed by atoms with E-state index in [2.05, 4.69) is 20.2 Å². The van der Waals surface area contributed by atoms with Gasteiger partial charge in [0.05, 0.1) is 6.04 Å². The monoisotopic (exact) mass is 448 g/mol. The third-order valence-electron chi connectivity index (χ3n) is 6.16. The van der Waals surface area contributed by atoms with E-state index in [1.807, 2.05) is 48.9 Å². The fraction of sp³-hybridized carbons (Fsp3) is 0.417. The molecule has 0 bridgehead atoms. The number of hydrogen-bond acceptors (Lipinski definition) is 7. The van der Waals surface area contributed by atoms with E-state index in [4.69, 9.17) is 14.5 Å². The van der Waals surface area contributed by atoms with E-state index in [1.165, 1.54) is 0 Å². The second-order valence-corrected chi connectivity index (χ2v) is 8.70. The Hall–Kier alpha value is -3.62. The summed E-state index contributed by atoms with van der Waals surface area (Å²) in [6.45, 7) is 5.92. The maximum Gasteiger partial charge on any atom is 0.237 e. The Labute approximate surface area is 192 Å². The first-order valence-electron chi connectivity index (χ1n) is 11.3. The molecule has 1 amide bonds. The van der Waals surface area contributed by atoms with Crippen molar-refractivity contribution in [1.82, 2.24) is 24.8 Å². The number of aryl methyl sites for hydroxylation is 1. The molecule has 1 aromatic carbocycles. The van der Waals surface area contributed by atoms with E-state index >= 15 is 0 Å². The van der Waals surface area contributed by atoms with Crippen molar-refractivity contribution in [3.8, 4) is 17.4 Å². The lowest BCUT2D eigenvalue weighted by molar-refractivity contribution is -0.122. The number of benzene rings is 1. The molecule has 0 aliphatic carbocycles. The smallest absolute Gasteiger partial charge is 0.237 e. The molecule has 2 aromatic heterocycles. The molecule has 172 valence electrons. The molecule has 4 heterocycles. The highest BCUT2D eigenvalue weighted by Gasteiger charge is 2.25. The maximum absolute atomic E-state index is 12.8. The number of carbonyl (C=O) groups is 1. The molecule has 0 spiro atoms. The van der Waals surface area contributed by atoms with Crippen LogP contribution in [0.4, 0.5) is 5.82 Å². The molecule has 1 fully saturated rings. The summed E-state index contributed by atoms with van der Waals surface area (Å²) in [7, 11) is 0. The number of hydrogen-bond donors (Lipinski definition) is 1. The zero-order chi connectivity index (χ0) is 22.8. The fourth-order valence-electron chi connectivity index (χ4n) is 4.46. The molecule has 9 nitrogen and oxygen atoms in total. The van der Waals surface area contributed by atoms with Crippen LogP contribution in [0.1, 0.15) is 43.5 Å². The van der Waals surface area contributed by atoms with Crippen molar-refractivity contribution in [3.63, 3.8) is 0 Å². The summed E-state index contributed by atoms with van der Waals surface area (Å²) in [4.78, 5) is 28.4. The number of amides is 1. The van der Waals surface area contributed by atoms with Crippen molar-refractivity contribution >= 4 is 11.7 Å². The summed E-state index contributed by atoms with van der Waals surface area (Å²) in [5.74, 6) is 3.31. The van der Waals surface area contributed by atoms with Crippen molar-refractivity contribution in [3.05, 3.63) is 54.2 Å². The number of nitrogens with one attached hydrogen (secondary N) is 1. The molecule has 3 aromatic rings. The zero-order valence-corrected chi connectivity index (χ0v) is 18.9. The highest BCUT2D eigenvalue weighted by Crippen LogP contribution is 2.34. The molecule has 0 saturated carbocycles. The lowest BCUT2D eigenvalue weighted by Crippen LogP contribution is -2.39. The summed E-state index contributed by atoms with van der Waals surface area (Å²) in [6, 6.07) is 7.70. The highest BCUT2D eigenvalue weighted by atomic mass is 16.7. The molecule has 1 N–H and O–H groups in total. The lowest BCUT2D eigenvalue weighted by Gasteiger charge is -2.33. The number of imidazole rings is 1. The Morgan fingerprint density at radius 3 is 2.97 bits per heavy atom. The van der Waals surface area contributed by atoms with Gasteiger partial charge in [0.2, 0.25) is 18.6 Å². The first-order chi connectivity index (χ1) is 16.0. The Morgan fingerprint density at radius 1 is 1.24 bits per heavy atom. The Balaban J connectivity index is 1.21. The van der Waals surface area contributed by atoms with E-state index in [0.29, 0.717) is 12.4 Å². The fourth-order valence-corrected chi connectivity index (χ4v) is 4.46. The van der Waals surface area contributed by atoms with E-state index in [0.717, 1.165) is 54.5 Å². The van der Waals surface area contributed by atoms with Gasteiger partial charge in [-0.3, -0.25) is 9.36 Å². The normalized spacial score (nSPS) is 18.2. The van der Waals surface area contributed by atoms with Gasteiger partial charge in [-0.05, 0) is 50.3 Å². The van der Waals surface area contributed by atoms with Gasteiger partial charge in [0.25, 0.3) is 0 Å². The van der Waals surface area contributed by atoms with Gasteiger partial charge in [0, 0.05) is 43.7 Å². The number of ether oxygens (including phenoxy) is 2. The van der Waals surface area contributed by atoms with Gasteiger partial charge in [-0.1, -0.05) is 6.07 Å². The summed E-state index contributed by atoms with van der Waals surface area (Å²) in [6.07, 6.45) is 7.79. The van der Waals surface area contributed by atoms with Crippen LogP contribution in [-0.2, 0) is 4.79 Å².